The van der Waals surface area contributed by atoms with Crippen LogP contribution in [0, 0.1) is 6.92 Å². The minimum atomic E-state index is 0.0796. The molecule has 1 atom stereocenters. The summed E-state index contributed by atoms with van der Waals surface area (Å²) in [5.41, 5.74) is 3.25. The topological polar surface area (TPSA) is 41.1 Å². The molecule has 1 aromatic carbocycles. The fourth-order valence-electron chi connectivity index (χ4n) is 2.90. The molecule has 0 radical (unpaired) electrons. The maximum Gasteiger partial charge on any atom is 0.237 e. The molecule has 1 N–H and O–H groups in total. The fraction of sp³-hybridized carbons (Fsp3) is 0.471. The summed E-state index contributed by atoms with van der Waals surface area (Å²) in [7, 11) is 0. The number of piperidine rings is 1. The molecule has 1 saturated heterocycles. The standard InChI is InChI=1S/C17H23N3O/c1-13-16(15-9-5-3-6-10-15)18-19-17(13)21-14(2)20-11-7-4-8-12-20/h3,5-6,9-10,14H,4,7-8,11-12H2,1-2H3,(H,18,19). The quantitative estimate of drug-likeness (QED) is 0.933. The van der Waals surface area contributed by atoms with Crippen molar-refractivity contribution in [3.63, 3.8) is 0 Å². The Labute approximate surface area is 126 Å². The second-order valence-electron chi connectivity index (χ2n) is 5.71. The lowest BCUT2D eigenvalue weighted by Gasteiger charge is -2.31. The van der Waals surface area contributed by atoms with Gasteiger partial charge in [0, 0.05) is 18.7 Å². The highest BCUT2D eigenvalue weighted by Crippen LogP contribution is 2.28. The van der Waals surface area contributed by atoms with Crippen molar-refractivity contribution in [2.45, 2.75) is 39.3 Å². The molecule has 0 amide bonds. The smallest absolute Gasteiger partial charge is 0.237 e. The van der Waals surface area contributed by atoms with E-state index in [4.69, 9.17) is 4.74 Å². The number of aromatic nitrogens is 2. The van der Waals surface area contributed by atoms with Crippen LogP contribution in [-0.2, 0) is 0 Å². The van der Waals surface area contributed by atoms with Crippen molar-refractivity contribution in [1.29, 1.82) is 0 Å². The molecule has 1 fully saturated rings. The third kappa shape index (κ3) is 3.10. The zero-order valence-corrected chi connectivity index (χ0v) is 12.8. The maximum atomic E-state index is 6.07. The number of ether oxygens (including phenoxy) is 1. The van der Waals surface area contributed by atoms with Crippen LogP contribution in [0.2, 0.25) is 0 Å². The lowest BCUT2D eigenvalue weighted by molar-refractivity contribution is 0.0225. The van der Waals surface area contributed by atoms with Gasteiger partial charge < -0.3 is 4.74 Å². The van der Waals surface area contributed by atoms with Crippen molar-refractivity contribution in [2.24, 2.45) is 0 Å². The van der Waals surface area contributed by atoms with Gasteiger partial charge >= 0.3 is 0 Å². The first-order chi connectivity index (χ1) is 10.3. The Bertz CT molecular complexity index is 573. The fourth-order valence-corrected chi connectivity index (χ4v) is 2.90. The molecule has 0 aliphatic carbocycles. The normalized spacial score (nSPS) is 17.6. The number of benzene rings is 1. The number of nitrogens with one attached hydrogen (secondary N) is 1. The Morgan fingerprint density at radius 3 is 2.57 bits per heavy atom. The monoisotopic (exact) mass is 285 g/mol. The maximum absolute atomic E-state index is 6.07. The van der Waals surface area contributed by atoms with Crippen LogP contribution in [0.15, 0.2) is 30.3 Å². The Balaban J connectivity index is 1.73. The van der Waals surface area contributed by atoms with E-state index in [2.05, 4.69) is 41.1 Å². The van der Waals surface area contributed by atoms with Gasteiger partial charge in [0.15, 0.2) is 6.23 Å². The number of hydrogen-bond acceptors (Lipinski definition) is 3. The van der Waals surface area contributed by atoms with Crippen LogP contribution in [0.5, 0.6) is 5.88 Å². The van der Waals surface area contributed by atoms with E-state index in [1.807, 2.05) is 18.2 Å². The molecule has 0 bridgehead atoms. The van der Waals surface area contributed by atoms with Crippen LogP contribution < -0.4 is 4.74 Å². The predicted octanol–water partition coefficient (Wildman–Crippen LogP) is 3.60. The molecule has 1 aliphatic heterocycles. The van der Waals surface area contributed by atoms with Crippen molar-refractivity contribution in [1.82, 2.24) is 15.1 Å². The second-order valence-corrected chi connectivity index (χ2v) is 5.71. The average Bonchev–Trinajstić information content (AvgIpc) is 2.90. The van der Waals surface area contributed by atoms with Crippen molar-refractivity contribution in [3.8, 4) is 17.1 Å². The van der Waals surface area contributed by atoms with Crippen molar-refractivity contribution in [3.05, 3.63) is 35.9 Å². The third-order valence-corrected chi connectivity index (χ3v) is 4.21. The molecule has 2 heterocycles. The average molecular weight is 285 g/mol. The number of likely N-dealkylation sites (tertiary alicyclic amines) is 1. The molecule has 0 saturated carbocycles. The van der Waals surface area contributed by atoms with Gasteiger partial charge in [0.25, 0.3) is 0 Å². The Morgan fingerprint density at radius 2 is 1.86 bits per heavy atom. The van der Waals surface area contributed by atoms with E-state index in [-0.39, 0.29) is 6.23 Å². The summed E-state index contributed by atoms with van der Waals surface area (Å²) in [6, 6.07) is 10.3. The highest BCUT2D eigenvalue weighted by molar-refractivity contribution is 5.64. The van der Waals surface area contributed by atoms with Gasteiger partial charge in [-0.2, -0.15) is 0 Å². The lowest BCUT2D eigenvalue weighted by Crippen LogP contribution is -2.40. The molecule has 2 aromatic rings. The van der Waals surface area contributed by atoms with Gasteiger partial charge in [-0.3, -0.25) is 10.00 Å². The molecular formula is C17H23N3O. The molecule has 1 unspecified atom stereocenters. The van der Waals surface area contributed by atoms with Gasteiger partial charge in [-0.25, -0.2) is 0 Å². The van der Waals surface area contributed by atoms with Crippen molar-refractivity contribution in [2.75, 3.05) is 13.1 Å². The summed E-state index contributed by atoms with van der Waals surface area (Å²) in [6.07, 6.45) is 3.95. The largest absolute Gasteiger partial charge is 0.457 e. The van der Waals surface area contributed by atoms with Gasteiger partial charge in [0.2, 0.25) is 5.88 Å². The zero-order chi connectivity index (χ0) is 14.7. The minimum Gasteiger partial charge on any atom is -0.457 e. The number of rotatable bonds is 4. The summed E-state index contributed by atoms with van der Waals surface area (Å²) in [4.78, 5) is 2.39. The highest BCUT2D eigenvalue weighted by Gasteiger charge is 2.20. The lowest BCUT2D eigenvalue weighted by atomic mass is 10.1. The Hall–Kier alpha value is -1.81. The zero-order valence-electron chi connectivity index (χ0n) is 12.8. The molecule has 4 nitrogen and oxygen atoms in total. The summed E-state index contributed by atoms with van der Waals surface area (Å²) >= 11 is 0. The van der Waals surface area contributed by atoms with Crippen LogP contribution in [0.1, 0.15) is 31.7 Å². The molecule has 112 valence electrons. The van der Waals surface area contributed by atoms with Crippen LogP contribution >= 0.6 is 0 Å². The van der Waals surface area contributed by atoms with Crippen LogP contribution in [0.3, 0.4) is 0 Å². The van der Waals surface area contributed by atoms with Crippen molar-refractivity contribution >= 4 is 0 Å². The van der Waals surface area contributed by atoms with E-state index in [9.17, 15) is 0 Å². The summed E-state index contributed by atoms with van der Waals surface area (Å²) < 4.78 is 6.07. The molecule has 3 rings (SSSR count). The first kappa shape index (κ1) is 14.1. The van der Waals surface area contributed by atoms with Crippen LogP contribution in [0.25, 0.3) is 11.3 Å². The SMILES string of the molecule is Cc1c(OC(C)N2CCCCC2)n[nH]c1-c1ccccc1. The summed E-state index contributed by atoms with van der Waals surface area (Å²) in [5.74, 6) is 0.715. The van der Waals surface area contributed by atoms with E-state index >= 15 is 0 Å². The van der Waals surface area contributed by atoms with E-state index in [0.717, 1.165) is 29.9 Å². The molecule has 4 heteroatoms. The minimum absolute atomic E-state index is 0.0796. The van der Waals surface area contributed by atoms with Gasteiger partial charge in [0.1, 0.15) is 0 Å². The van der Waals surface area contributed by atoms with Crippen molar-refractivity contribution < 1.29 is 4.74 Å². The number of H-pyrrole nitrogens is 1. The first-order valence-corrected chi connectivity index (χ1v) is 7.77. The van der Waals surface area contributed by atoms with Crippen LogP contribution in [-0.4, -0.2) is 34.4 Å². The molecule has 21 heavy (non-hydrogen) atoms. The summed E-state index contributed by atoms with van der Waals surface area (Å²) in [6.45, 7) is 6.41. The Kier molecular flexibility index (Phi) is 4.25. The van der Waals surface area contributed by atoms with E-state index < -0.39 is 0 Å². The molecule has 1 aromatic heterocycles. The molecule has 0 spiro atoms. The highest BCUT2D eigenvalue weighted by atomic mass is 16.5. The predicted molar refractivity (Wildman–Crippen MR) is 84.3 cm³/mol. The number of aromatic amines is 1. The van der Waals surface area contributed by atoms with Gasteiger partial charge in [-0.15, -0.1) is 5.10 Å². The van der Waals surface area contributed by atoms with E-state index in [1.54, 1.807) is 0 Å². The molecule has 1 aliphatic rings. The Morgan fingerprint density at radius 1 is 1.14 bits per heavy atom. The number of nitrogens with zero attached hydrogens (tertiary/aromatic N) is 2. The van der Waals surface area contributed by atoms with Crippen LogP contribution in [0.4, 0.5) is 0 Å². The van der Waals surface area contributed by atoms with Gasteiger partial charge in [0.05, 0.1) is 5.69 Å². The first-order valence-electron chi connectivity index (χ1n) is 7.77. The van der Waals surface area contributed by atoms with Gasteiger partial charge in [-0.1, -0.05) is 36.8 Å². The number of hydrogen-bond donors (Lipinski definition) is 1. The molecular weight excluding hydrogens is 262 g/mol. The second kappa shape index (κ2) is 6.31. The van der Waals surface area contributed by atoms with E-state index in [0.29, 0.717) is 5.88 Å². The van der Waals surface area contributed by atoms with Gasteiger partial charge in [-0.05, 0) is 32.3 Å². The van der Waals surface area contributed by atoms with E-state index in [1.165, 1.54) is 19.3 Å². The third-order valence-electron chi connectivity index (χ3n) is 4.21. The summed E-state index contributed by atoms with van der Waals surface area (Å²) in [5, 5.41) is 7.46.